The zero-order chi connectivity index (χ0) is 14.0. The molecule has 0 atom stereocenters. The molecule has 104 valence electrons. The predicted molar refractivity (Wildman–Crippen MR) is 79.3 cm³/mol. The standard InChI is InChI=1S/C12H17BrFN3OSi/c1-19(2,3)5-4-18-8-17-7-9(14)11-12(17)15-6-10(13)16-11/h6-7H,4-5,8H2,1-3H3. The molecule has 0 bridgehead atoms. The monoisotopic (exact) mass is 345 g/mol. The Morgan fingerprint density at radius 2 is 2.16 bits per heavy atom. The van der Waals surface area contributed by atoms with E-state index in [0.29, 0.717) is 23.6 Å². The van der Waals surface area contributed by atoms with Crippen molar-refractivity contribution in [1.82, 2.24) is 14.5 Å². The van der Waals surface area contributed by atoms with E-state index >= 15 is 0 Å². The molecule has 0 aliphatic carbocycles. The van der Waals surface area contributed by atoms with Crippen LogP contribution in [-0.2, 0) is 11.5 Å². The highest BCUT2D eigenvalue weighted by atomic mass is 79.9. The molecule has 2 heterocycles. The number of hydrogen-bond acceptors (Lipinski definition) is 3. The minimum atomic E-state index is -1.09. The first-order valence-corrected chi connectivity index (χ1v) is 10.6. The molecule has 0 unspecified atom stereocenters. The molecule has 0 aromatic carbocycles. The molecule has 2 rings (SSSR count). The van der Waals surface area contributed by atoms with Gasteiger partial charge in [-0.25, -0.2) is 14.4 Å². The largest absolute Gasteiger partial charge is 0.361 e. The Labute approximate surface area is 121 Å². The molecule has 19 heavy (non-hydrogen) atoms. The lowest BCUT2D eigenvalue weighted by atomic mass is 10.5. The van der Waals surface area contributed by atoms with E-state index in [0.717, 1.165) is 6.04 Å². The van der Waals surface area contributed by atoms with Crippen LogP contribution in [0.15, 0.2) is 17.0 Å². The van der Waals surface area contributed by atoms with Gasteiger partial charge in [-0.15, -0.1) is 0 Å². The summed E-state index contributed by atoms with van der Waals surface area (Å²) in [6.07, 6.45) is 2.94. The maximum atomic E-state index is 13.7. The molecule has 0 saturated carbocycles. The fourth-order valence-corrected chi connectivity index (χ4v) is 2.67. The zero-order valence-corrected chi connectivity index (χ0v) is 13.9. The average molecular weight is 346 g/mol. The Bertz CT molecular complexity index is 582. The van der Waals surface area contributed by atoms with Crippen LogP contribution in [0.2, 0.25) is 25.7 Å². The van der Waals surface area contributed by atoms with Crippen molar-refractivity contribution >= 4 is 35.2 Å². The van der Waals surface area contributed by atoms with Gasteiger partial charge in [-0.05, 0) is 22.0 Å². The van der Waals surface area contributed by atoms with Crippen LogP contribution in [0.1, 0.15) is 0 Å². The maximum absolute atomic E-state index is 13.7. The van der Waals surface area contributed by atoms with Gasteiger partial charge in [-0.3, -0.25) is 0 Å². The van der Waals surface area contributed by atoms with Gasteiger partial charge in [0.05, 0.1) is 6.20 Å². The highest BCUT2D eigenvalue weighted by molar-refractivity contribution is 9.10. The van der Waals surface area contributed by atoms with E-state index in [1.165, 1.54) is 6.20 Å². The van der Waals surface area contributed by atoms with Gasteiger partial charge in [0.25, 0.3) is 0 Å². The summed E-state index contributed by atoms with van der Waals surface area (Å²) in [5, 5.41) is 0. The van der Waals surface area contributed by atoms with Crippen molar-refractivity contribution in [1.29, 1.82) is 0 Å². The molecular weight excluding hydrogens is 329 g/mol. The van der Waals surface area contributed by atoms with E-state index in [1.807, 2.05) is 0 Å². The van der Waals surface area contributed by atoms with Gasteiger partial charge in [0.15, 0.2) is 11.5 Å². The number of aromatic nitrogens is 3. The summed E-state index contributed by atoms with van der Waals surface area (Å²) in [6.45, 7) is 7.89. The van der Waals surface area contributed by atoms with Crippen LogP contribution in [0.5, 0.6) is 0 Å². The van der Waals surface area contributed by atoms with Gasteiger partial charge in [0, 0.05) is 20.9 Å². The van der Waals surface area contributed by atoms with Crippen molar-refractivity contribution in [2.24, 2.45) is 0 Å². The van der Waals surface area contributed by atoms with E-state index in [1.54, 1.807) is 10.8 Å². The molecule has 0 saturated heterocycles. The Kier molecular flexibility index (Phi) is 4.37. The van der Waals surface area contributed by atoms with Crippen molar-refractivity contribution in [3.05, 3.63) is 22.8 Å². The van der Waals surface area contributed by atoms with Crippen LogP contribution in [0.3, 0.4) is 0 Å². The van der Waals surface area contributed by atoms with E-state index in [4.69, 9.17) is 4.74 Å². The number of ether oxygens (including phenoxy) is 1. The van der Waals surface area contributed by atoms with Crippen molar-refractivity contribution in [3.8, 4) is 0 Å². The summed E-state index contributed by atoms with van der Waals surface area (Å²) < 4.78 is 21.5. The van der Waals surface area contributed by atoms with Crippen LogP contribution in [0, 0.1) is 5.82 Å². The molecular formula is C12H17BrFN3OSi. The molecule has 0 N–H and O–H groups in total. The normalized spacial score (nSPS) is 12.3. The number of rotatable bonds is 5. The van der Waals surface area contributed by atoms with Crippen LogP contribution >= 0.6 is 15.9 Å². The highest BCUT2D eigenvalue weighted by Gasteiger charge is 2.14. The SMILES string of the molecule is C[Si](C)(C)CCOCn1cc(F)c2nc(Br)cnc21. The summed E-state index contributed by atoms with van der Waals surface area (Å²) >= 11 is 3.19. The molecule has 0 amide bonds. The summed E-state index contributed by atoms with van der Waals surface area (Å²) in [5.41, 5.74) is 0.775. The Hall–Kier alpha value is -0.793. The lowest BCUT2D eigenvalue weighted by Gasteiger charge is -2.15. The summed E-state index contributed by atoms with van der Waals surface area (Å²) in [6, 6.07) is 1.09. The number of nitrogens with zero attached hydrogens (tertiary/aromatic N) is 3. The first kappa shape index (κ1) is 14.6. The fourth-order valence-electron chi connectivity index (χ4n) is 1.63. The minimum Gasteiger partial charge on any atom is -0.361 e. The summed E-state index contributed by atoms with van der Waals surface area (Å²) in [7, 11) is -1.09. The van der Waals surface area contributed by atoms with Gasteiger partial charge >= 0.3 is 0 Å². The van der Waals surface area contributed by atoms with Gasteiger partial charge in [0.2, 0.25) is 0 Å². The van der Waals surface area contributed by atoms with Crippen molar-refractivity contribution in [3.63, 3.8) is 0 Å². The van der Waals surface area contributed by atoms with Crippen LogP contribution in [-0.4, -0.2) is 29.2 Å². The Morgan fingerprint density at radius 3 is 2.84 bits per heavy atom. The first-order valence-electron chi connectivity index (χ1n) is 6.11. The van der Waals surface area contributed by atoms with Gasteiger partial charge in [0.1, 0.15) is 16.9 Å². The van der Waals surface area contributed by atoms with E-state index in [9.17, 15) is 4.39 Å². The molecule has 0 aliphatic rings. The minimum absolute atomic E-state index is 0.267. The first-order chi connectivity index (χ1) is 8.87. The molecule has 7 heteroatoms. The third kappa shape index (κ3) is 3.84. The van der Waals surface area contributed by atoms with E-state index in [2.05, 4.69) is 45.5 Å². The van der Waals surface area contributed by atoms with E-state index in [-0.39, 0.29) is 11.3 Å². The third-order valence-electron chi connectivity index (χ3n) is 2.72. The number of hydrogen-bond donors (Lipinski definition) is 0. The van der Waals surface area contributed by atoms with Crippen LogP contribution < -0.4 is 0 Å². The molecule has 0 fully saturated rings. The lowest BCUT2D eigenvalue weighted by Crippen LogP contribution is -2.22. The van der Waals surface area contributed by atoms with Gasteiger partial charge in [-0.1, -0.05) is 19.6 Å². The second kappa shape index (κ2) is 5.68. The van der Waals surface area contributed by atoms with Crippen molar-refractivity contribution in [2.75, 3.05) is 6.61 Å². The zero-order valence-electron chi connectivity index (χ0n) is 11.3. The van der Waals surface area contributed by atoms with Gasteiger partial charge in [-0.2, -0.15) is 0 Å². The number of halogens is 2. The second-order valence-electron chi connectivity index (χ2n) is 5.66. The van der Waals surface area contributed by atoms with E-state index < -0.39 is 8.07 Å². The highest BCUT2D eigenvalue weighted by Crippen LogP contribution is 2.18. The Balaban J connectivity index is 2.05. The molecule has 4 nitrogen and oxygen atoms in total. The average Bonchev–Trinajstić information content (AvgIpc) is 2.60. The smallest absolute Gasteiger partial charge is 0.168 e. The predicted octanol–water partition coefficient (Wildman–Crippen LogP) is 3.65. The Morgan fingerprint density at radius 1 is 1.42 bits per heavy atom. The molecule has 2 aromatic rings. The molecule has 0 aliphatic heterocycles. The lowest BCUT2D eigenvalue weighted by molar-refractivity contribution is 0.0895. The molecule has 0 spiro atoms. The van der Waals surface area contributed by atoms with Gasteiger partial charge < -0.3 is 9.30 Å². The fraction of sp³-hybridized carbons (Fsp3) is 0.500. The molecule has 2 aromatic heterocycles. The van der Waals surface area contributed by atoms with Crippen molar-refractivity contribution < 1.29 is 9.13 Å². The topological polar surface area (TPSA) is 39.9 Å². The molecule has 0 radical (unpaired) electrons. The second-order valence-corrected chi connectivity index (χ2v) is 12.1. The van der Waals surface area contributed by atoms with Crippen LogP contribution in [0.25, 0.3) is 11.2 Å². The van der Waals surface area contributed by atoms with Crippen molar-refractivity contribution in [2.45, 2.75) is 32.4 Å². The van der Waals surface area contributed by atoms with Crippen LogP contribution in [0.4, 0.5) is 4.39 Å². The quantitative estimate of drug-likeness (QED) is 0.613. The maximum Gasteiger partial charge on any atom is 0.168 e. The summed E-state index contributed by atoms with van der Waals surface area (Å²) in [4.78, 5) is 8.24. The number of fused-ring (bicyclic) bond motifs is 1. The summed E-state index contributed by atoms with van der Waals surface area (Å²) in [5.74, 6) is -0.377. The third-order valence-corrected chi connectivity index (χ3v) is 4.80.